The van der Waals surface area contributed by atoms with E-state index in [0.717, 1.165) is 13.1 Å². The van der Waals surface area contributed by atoms with Crippen molar-refractivity contribution in [2.75, 3.05) is 19.6 Å². The Bertz CT molecular complexity index is 413. The largest absolute Gasteiger partial charge is 0.390 e. The number of aliphatic hydroxyl groups is 1. The van der Waals surface area contributed by atoms with Crippen molar-refractivity contribution < 1.29 is 10.0 Å². The Hall–Kier alpha value is -1.47. The first kappa shape index (κ1) is 14.0. The molecule has 1 saturated heterocycles. The van der Waals surface area contributed by atoms with Gasteiger partial charge in [-0.15, -0.1) is 0 Å². The third kappa shape index (κ3) is 4.29. The molecule has 19 heavy (non-hydrogen) atoms. The van der Waals surface area contributed by atoms with Crippen molar-refractivity contribution in [2.24, 2.45) is 0 Å². The molecule has 7 nitrogen and oxygen atoms in total. The van der Waals surface area contributed by atoms with Crippen molar-refractivity contribution in [3.63, 3.8) is 0 Å². The molecule has 0 aromatic carbocycles. The molecule has 2 rings (SSSR count). The molecule has 1 aliphatic rings. The Labute approximate surface area is 112 Å². The van der Waals surface area contributed by atoms with Crippen LogP contribution in [-0.2, 0) is 6.54 Å². The lowest BCUT2D eigenvalue weighted by Crippen LogP contribution is -2.35. The smallest absolute Gasteiger partial charge is 0.306 e. The van der Waals surface area contributed by atoms with E-state index in [2.05, 4.69) is 10.00 Å². The average Bonchev–Trinajstić information content (AvgIpc) is 2.67. The van der Waals surface area contributed by atoms with Crippen LogP contribution in [0.3, 0.4) is 0 Å². The van der Waals surface area contributed by atoms with E-state index in [-0.39, 0.29) is 5.69 Å². The van der Waals surface area contributed by atoms with Crippen molar-refractivity contribution in [3.8, 4) is 0 Å². The zero-order valence-electron chi connectivity index (χ0n) is 10.9. The Morgan fingerprint density at radius 1 is 1.32 bits per heavy atom. The molecule has 106 valence electrons. The number of hydrogen-bond acceptors (Lipinski definition) is 5. The normalized spacial score (nSPS) is 19.0. The first-order valence-corrected chi connectivity index (χ1v) is 6.72. The van der Waals surface area contributed by atoms with Gasteiger partial charge in [-0.2, -0.15) is 5.10 Å². The predicted molar refractivity (Wildman–Crippen MR) is 69.8 cm³/mol. The molecule has 0 radical (unpaired) electrons. The van der Waals surface area contributed by atoms with E-state index < -0.39 is 11.0 Å². The van der Waals surface area contributed by atoms with Gasteiger partial charge in [0.2, 0.25) is 0 Å². The van der Waals surface area contributed by atoms with Crippen molar-refractivity contribution in [1.82, 2.24) is 14.7 Å². The molecule has 0 amide bonds. The molecule has 0 spiro atoms. The fourth-order valence-corrected chi connectivity index (χ4v) is 2.44. The maximum absolute atomic E-state index is 10.5. The monoisotopic (exact) mass is 268 g/mol. The second kappa shape index (κ2) is 6.63. The lowest BCUT2D eigenvalue weighted by atomic mass is 10.2. The van der Waals surface area contributed by atoms with Gasteiger partial charge in [0.1, 0.15) is 12.4 Å². The van der Waals surface area contributed by atoms with Crippen molar-refractivity contribution in [2.45, 2.75) is 38.3 Å². The third-order valence-corrected chi connectivity index (χ3v) is 3.40. The average molecular weight is 268 g/mol. The van der Waals surface area contributed by atoms with Gasteiger partial charge in [0, 0.05) is 6.54 Å². The number of nitrogens with zero attached hydrogens (tertiary/aromatic N) is 4. The summed E-state index contributed by atoms with van der Waals surface area (Å²) in [7, 11) is 0. The van der Waals surface area contributed by atoms with Crippen LogP contribution in [0, 0.1) is 10.1 Å². The van der Waals surface area contributed by atoms with Crippen LogP contribution in [0.4, 0.5) is 5.69 Å². The highest BCUT2D eigenvalue weighted by Crippen LogP contribution is 2.11. The molecule has 1 fully saturated rings. The Morgan fingerprint density at radius 3 is 2.58 bits per heavy atom. The Kier molecular flexibility index (Phi) is 4.86. The molecule has 2 heterocycles. The molecule has 1 unspecified atom stereocenters. The van der Waals surface area contributed by atoms with Gasteiger partial charge in [0.15, 0.2) is 0 Å². The summed E-state index contributed by atoms with van der Waals surface area (Å²) in [6.45, 7) is 2.95. The summed E-state index contributed by atoms with van der Waals surface area (Å²) < 4.78 is 1.43. The number of aromatic nitrogens is 2. The zero-order chi connectivity index (χ0) is 13.7. The highest BCUT2D eigenvalue weighted by Gasteiger charge is 2.16. The first-order valence-electron chi connectivity index (χ1n) is 6.72. The number of hydrogen-bond donors (Lipinski definition) is 1. The van der Waals surface area contributed by atoms with Crippen LogP contribution in [0.2, 0.25) is 0 Å². The zero-order valence-corrected chi connectivity index (χ0v) is 10.9. The lowest BCUT2D eigenvalue weighted by molar-refractivity contribution is -0.385. The molecular weight excluding hydrogens is 248 g/mol. The minimum Gasteiger partial charge on any atom is -0.390 e. The van der Waals surface area contributed by atoms with Crippen molar-refractivity contribution >= 4 is 5.69 Å². The van der Waals surface area contributed by atoms with Gasteiger partial charge in [-0.05, 0) is 25.9 Å². The van der Waals surface area contributed by atoms with Crippen LogP contribution in [0.25, 0.3) is 0 Å². The second-order valence-corrected chi connectivity index (χ2v) is 5.05. The van der Waals surface area contributed by atoms with Gasteiger partial charge < -0.3 is 10.0 Å². The topological polar surface area (TPSA) is 84.4 Å². The van der Waals surface area contributed by atoms with Gasteiger partial charge in [-0.3, -0.25) is 14.8 Å². The van der Waals surface area contributed by atoms with Gasteiger partial charge in [0.25, 0.3) is 0 Å². The van der Waals surface area contributed by atoms with E-state index in [1.54, 1.807) is 0 Å². The number of rotatable bonds is 5. The van der Waals surface area contributed by atoms with Crippen LogP contribution >= 0.6 is 0 Å². The van der Waals surface area contributed by atoms with Gasteiger partial charge in [-0.1, -0.05) is 12.8 Å². The Balaban J connectivity index is 1.82. The summed E-state index contributed by atoms with van der Waals surface area (Å²) in [5.74, 6) is 0. The van der Waals surface area contributed by atoms with E-state index in [1.807, 2.05) is 0 Å². The molecule has 1 N–H and O–H groups in total. The summed E-state index contributed by atoms with van der Waals surface area (Å²) in [5, 5.41) is 24.4. The highest BCUT2D eigenvalue weighted by molar-refractivity contribution is 5.20. The molecule has 1 aliphatic heterocycles. The fourth-order valence-electron chi connectivity index (χ4n) is 2.44. The van der Waals surface area contributed by atoms with E-state index in [4.69, 9.17) is 0 Å². The van der Waals surface area contributed by atoms with Crippen LogP contribution in [0.5, 0.6) is 0 Å². The number of aliphatic hydroxyl groups excluding tert-OH is 1. The van der Waals surface area contributed by atoms with Crippen LogP contribution in [0.15, 0.2) is 12.4 Å². The highest BCUT2D eigenvalue weighted by atomic mass is 16.6. The lowest BCUT2D eigenvalue weighted by Gasteiger charge is -2.22. The summed E-state index contributed by atoms with van der Waals surface area (Å²) >= 11 is 0. The fraction of sp³-hybridized carbons (Fsp3) is 0.750. The van der Waals surface area contributed by atoms with Gasteiger partial charge in [0.05, 0.1) is 17.6 Å². The number of likely N-dealkylation sites (tertiary alicyclic amines) is 1. The molecule has 1 aromatic rings. The van der Waals surface area contributed by atoms with Gasteiger partial charge in [-0.25, -0.2) is 0 Å². The predicted octanol–water partition coefficient (Wildman–Crippen LogP) is 1.03. The molecule has 0 bridgehead atoms. The minimum atomic E-state index is -0.544. The summed E-state index contributed by atoms with van der Waals surface area (Å²) in [6, 6.07) is 0. The summed E-state index contributed by atoms with van der Waals surface area (Å²) in [4.78, 5) is 12.3. The summed E-state index contributed by atoms with van der Waals surface area (Å²) in [5.41, 5.74) is -0.0398. The van der Waals surface area contributed by atoms with E-state index in [1.165, 1.54) is 42.8 Å². The molecule has 7 heteroatoms. The standard InChI is InChI=1S/C12H20N4O3/c17-12(9-14-5-3-1-2-4-6-14)10-15-8-11(7-13-15)16(18)19/h7-8,12,17H,1-6,9-10H2. The van der Waals surface area contributed by atoms with Crippen molar-refractivity contribution in [1.29, 1.82) is 0 Å². The van der Waals surface area contributed by atoms with Crippen LogP contribution in [-0.4, -0.2) is 50.4 Å². The van der Waals surface area contributed by atoms with Gasteiger partial charge >= 0.3 is 5.69 Å². The molecule has 0 aliphatic carbocycles. The SMILES string of the molecule is O=[N+]([O-])c1cnn(CC(O)CN2CCCCCC2)c1. The maximum Gasteiger partial charge on any atom is 0.306 e. The first-order chi connectivity index (χ1) is 9.15. The van der Waals surface area contributed by atoms with Crippen LogP contribution in [0.1, 0.15) is 25.7 Å². The second-order valence-electron chi connectivity index (χ2n) is 5.05. The molecular formula is C12H20N4O3. The third-order valence-electron chi connectivity index (χ3n) is 3.40. The van der Waals surface area contributed by atoms with E-state index >= 15 is 0 Å². The molecule has 1 atom stereocenters. The quantitative estimate of drug-likeness (QED) is 0.637. The molecule has 1 aromatic heterocycles. The van der Waals surface area contributed by atoms with E-state index in [9.17, 15) is 15.2 Å². The minimum absolute atomic E-state index is 0.0398. The summed E-state index contributed by atoms with van der Waals surface area (Å²) in [6.07, 6.45) is 6.90. The van der Waals surface area contributed by atoms with E-state index in [0.29, 0.717) is 13.1 Å². The number of β-amino-alcohol motifs (C(OH)–C–C–N with tert-alkyl or cyclic N) is 1. The molecule has 0 saturated carbocycles. The Morgan fingerprint density at radius 2 is 2.00 bits per heavy atom. The number of nitro groups is 1. The maximum atomic E-state index is 10.5. The van der Waals surface area contributed by atoms with Crippen molar-refractivity contribution in [3.05, 3.63) is 22.5 Å². The van der Waals surface area contributed by atoms with Crippen LogP contribution < -0.4 is 0 Å².